The minimum atomic E-state index is -3.84. The van der Waals surface area contributed by atoms with Crippen LogP contribution in [0.5, 0.6) is 0 Å². The molecule has 0 aliphatic carbocycles. The zero-order chi connectivity index (χ0) is 10.1. The summed E-state index contributed by atoms with van der Waals surface area (Å²) in [6, 6.07) is 0. The summed E-state index contributed by atoms with van der Waals surface area (Å²) in [5, 5.41) is 16.8. The van der Waals surface area contributed by atoms with Gasteiger partial charge in [0.15, 0.2) is 0 Å². The highest BCUT2D eigenvalue weighted by atomic mass is 32.2. The lowest BCUT2D eigenvalue weighted by Crippen LogP contribution is -2.16. The summed E-state index contributed by atoms with van der Waals surface area (Å²) in [5.74, 6) is 0. The average molecular weight is 206 g/mol. The first-order chi connectivity index (χ1) is 5.89. The van der Waals surface area contributed by atoms with Gasteiger partial charge in [-0.15, -0.1) is 5.10 Å². The number of aliphatic hydroxyl groups excluding tert-OH is 1. The van der Waals surface area contributed by atoms with E-state index in [1.165, 1.54) is 11.0 Å². The van der Waals surface area contributed by atoms with Gasteiger partial charge < -0.3 is 5.11 Å². The zero-order valence-electron chi connectivity index (χ0n) is 6.95. The number of hydrogen-bond acceptors (Lipinski definition) is 5. The van der Waals surface area contributed by atoms with Crippen molar-refractivity contribution < 1.29 is 13.5 Å². The van der Waals surface area contributed by atoms with Gasteiger partial charge in [0.2, 0.25) is 0 Å². The molecule has 0 amide bonds. The van der Waals surface area contributed by atoms with E-state index in [9.17, 15) is 8.42 Å². The molecule has 13 heavy (non-hydrogen) atoms. The minimum Gasteiger partial charge on any atom is -0.391 e. The van der Waals surface area contributed by atoms with Crippen LogP contribution in [0.3, 0.4) is 0 Å². The Morgan fingerprint density at radius 2 is 2.38 bits per heavy atom. The van der Waals surface area contributed by atoms with Crippen molar-refractivity contribution in [2.75, 3.05) is 0 Å². The lowest BCUT2D eigenvalue weighted by atomic mass is 10.4. The Morgan fingerprint density at radius 1 is 1.77 bits per heavy atom. The molecule has 0 fully saturated rings. The molecule has 0 bridgehead atoms. The van der Waals surface area contributed by atoms with Crippen LogP contribution in [0.4, 0.5) is 0 Å². The summed E-state index contributed by atoms with van der Waals surface area (Å²) >= 11 is 0. The highest BCUT2D eigenvalue weighted by Crippen LogP contribution is 1.97. The van der Waals surface area contributed by atoms with Crippen molar-refractivity contribution in [3.8, 4) is 0 Å². The number of hydrogen-bond donors (Lipinski definition) is 2. The van der Waals surface area contributed by atoms with Crippen LogP contribution < -0.4 is 5.14 Å². The predicted octanol–water partition coefficient (Wildman–Crippen LogP) is -1.69. The third kappa shape index (κ3) is 2.76. The van der Waals surface area contributed by atoms with Crippen molar-refractivity contribution in [1.29, 1.82) is 0 Å². The first kappa shape index (κ1) is 10.1. The number of rotatable bonds is 3. The van der Waals surface area contributed by atoms with E-state index in [0.29, 0.717) is 0 Å². The van der Waals surface area contributed by atoms with E-state index in [1.54, 1.807) is 6.92 Å². The Labute approximate surface area is 75.2 Å². The normalized spacial score (nSPS) is 14.4. The molecular formula is C5H10N4O3S. The molecule has 1 unspecified atom stereocenters. The maximum Gasteiger partial charge on any atom is 0.281 e. The Kier molecular flexibility index (Phi) is 2.64. The molecule has 1 heterocycles. The number of aliphatic hydroxyl groups is 1. The number of primary sulfonamides is 1. The first-order valence-electron chi connectivity index (χ1n) is 3.50. The third-order valence-electron chi connectivity index (χ3n) is 1.22. The molecule has 0 saturated carbocycles. The molecule has 0 aliphatic heterocycles. The molecule has 1 aromatic rings. The Bertz CT molecular complexity index is 382. The van der Waals surface area contributed by atoms with Crippen LogP contribution in [-0.4, -0.2) is 34.4 Å². The summed E-state index contributed by atoms with van der Waals surface area (Å²) < 4.78 is 22.6. The second-order valence-electron chi connectivity index (χ2n) is 2.64. The maximum absolute atomic E-state index is 10.7. The van der Waals surface area contributed by atoms with Crippen LogP contribution in [0, 0.1) is 0 Å². The van der Waals surface area contributed by atoms with Gasteiger partial charge in [-0.2, -0.15) is 0 Å². The number of nitrogens with two attached hydrogens (primary N) is 1. The lowest BCUT2D eigenvalue weighted by molar-refractivity contribution is 0.168. The second-order valence-corrected chi connectivity index (χ2v) is 4.10. The topological polar surface area (TPSA) is 111 Å². The van der Waals surface area contributed by atoms with Gasteiger partial charge in [0, 0.05) is 0 Å². The van der Waals surface area contributed by atoms with Crippen molar-refractivity contribution in [2.24, 2.45) is 5.14 Å². The van der Waals surface area contributed by atoms with Crippen molar-refractivity contribution in [1.82, 2.24) is 14.8 Å². The highest BCUT2D eigenvalue weighted by Gasteiger charge is 2.13. The Balaban J connectivity index is 2.88. The fourth-order valence-corrected chi connectivity index (χ4v) is 1.18. The van der Waals surface area contributed by atoms with Crippen LogP contribution >= 0.6 is 0 Å². The molecule has 1 rings (SSSR count). The summed E-state index contributed by atoms with van der Waals surface area (Å²) in [7, 11) is -3.84. The molecule has 8 heteroatoms. The largest absolute Gasteiger partial charge is 0.391 e. The summed E-state index contributed by atoms with van der Waals surface area (Å²) in [6.45, 7) is 1.74. The van der Waals surface area contributed by atoms with E-state index in [2.05, 4.69) is 10.1 Å². The van der Waals surface area contributed by atoms with Crippen LogP contribution in [0.2, 0.25) is 0 Å². The van der Waals surface area contributed by atoms with E-state index in [0.717, 1.165) is 0 Å². The minimum absolute atomic E-state index is 0.183. The van der Waals surface area contributed by atoms with Crippen LogP contribution in [0.15, 0.2) is 11.5 Å². The molecule has 0 aliphatic rings. The van der Waals surface area contributed by atoms with E-state index in [-0.39, 0.29) is 6.54 Å². The third-order valence-corrected chi connectivity index (χ3v) is 1.92. The summed E-state index contributed by atoms with van der Waals surface area (Å²) in [6.07, 6.45) is 0.585. The van der Waals surface area contributed by atoms with Crippen molar-refractivity contribution in [2.45, 2.75) is 24.7 Å². The van der Waals surface area contributed by atoms with Gasteiger partial charge in [-0.25, -0.2) is 23.2 Å². The van der Waals surface area contributed by atoms with E-state index >= 15 is 0 Å². The highest BCUT2D eigenvalue weighted by molar-refractivity contribution is 7.89. The standard InChI is InChI=1S/C5H10N4O3S/c1-4(10)2-9-3-7-5(8-9)13(6,11)12/h3-4,10H,2H2,1H3,(H2,6,11,12). The van der Waals surface area contributed by atoms with Crippen molar-refractivity contribution >= 4 is 10.0 Å². The predicted molar refractivity (Wildman–Crippen MR) is 43.1 cm³/mol. The SMILES string of the molecule is CC(O)Cn1cnc(S(N)(=O)=O)n1. The molecule has 1 atom stereocenters. The van der Waals surface area contributed by atoms with Crippen molar-refractivity contribution in [3.05, 3.63) is 6.33 Å². The molecule has 0 radical (unpaired) electrons. The smallest absolute Gasteiger partial charge is 0.281 e. The van der Waals surface area contributed by atoms with Gasteiger partial charge in [-0.3, -0.25) is 0 Å². The lowest BCUT2D eigenvalue weighted by Gasteiger charge is -2.01. The van der Waals surface area contributed by atoms with Gasteiger partial charge in [0.1, 0.15) is 6.33 Å². The first-order valence-corrected chi connectivity index (χ1v) is 5.04. The molecule has 0 aromatic carbocycles. The van der Waals surface area contributed by atoms with E-state index in [4.69, 9.17) is 10.2 Å². The Hall–Kier alpha value is -0.990. The molecule has 3 N–H and O–H groups in total. The number of nitrogens with zero attached hydrogens (tertiary/aromatic N) is 3. The zero-order valence-corrected chi connectivity index (χ0v) is 7.77. The number of sulfonamides is 1. The van der Waals surface area contributed by atoms with Gasteiger partial charge >= 0.3 is 0 Å². The molecule has 0 spiro atoms. The van der Waals surface area contributed by atoms with Crippen LogP contribution in [-0.2, 0) is 16.6 Å². The van der Waals surface area contributed by atoms with Crippen LogP contribution in [0.25, 0.3) is 0 Å². The molecular weight excluding hydrogens is 196 g/mol. The van der Waals surface area contributed by atoms with E-state index < -0.39 is 21.3 Å². The molecule has 0 saturated heterocycles. The fraction of sp³-hybridized carbons (Fsp3) is 0.600. The van der Waals surface area contributed by atoms with Gasteiger partial charge in [0.25, 0.3) is 15.2 Å². The molecule has 7 nitrogen and oxygen atoms in total. The monoisotopic (exact) mass is 206 g/mol. The van der Waals surface area contributed by atoms with Gasteiger partial charge in [-0.05, 0) is 6.92 Å². The second kappa shape index (κ2) is 3.40. The molecule has 74 valence electrons. The summed E-state index contributed by atoms with van der Waals surface area (Å²) in [5.41, 5.74) is 0. The summed E-state index contributed by atoms with van der Waals surface area (Å²) in [4.78, 5) is 3.47. The maximum atomic E-state index is 10.7. The van der Waals surface area contributed by atoms with Gasteiger partial charge in [0.05, 0.1) is 12.6 Å². The average Bonchev–Trinajstić information content (AvgIpc) is 2.32. The fourth-order valence-electron chi connectivity index (χ4n) is 0.767. The van der Waals surface area contributed by atoms with Crippen molar-refractivity contribution in [3.63, 3.8) is 0 Å². The Morgan fingerprint density at radius 3 is 2.77 bits per heavy atom. The van der Waals surface area contributed by atoms with E-state index in [1.807, 2.05) is 0 Å². The molecule has 1 aromatic heterocycles. The number of aromatic nitrogens is 3. The van der Waals surface area contributed by atoms with Crippen LogP contribution in [0.1, 0.15) is 6.92 Å². The quantitative estimate of drug-likeness (QED) is 0.612. The van der Waals surface area contributed by atoms with Gasteiger partial charge in [-0.1, -0.05) is 0 Å².